The number of allylic oxidation sites excluding steroid dienone is 3. The number of ether oxygens (including phenoxy) is 5. The Hall–Kier alpha value is -3.73. The fraction of sp³-hybridized carbons (Fsp3) is 0.579. The molecule has 0 saturated heterocycles. The van der Waals surface area contributed by atoms with Crippen LogP contribution >= 0.6 is 7.36 Å². The van der Waals surface area contributed by atoms with E-state index in [1.165, 1.54) is 28.4 Å². The highest BCUT2D eigenvalue weighted by molar-refractivity contribution is 7.67. The zero-order valence-corrected chi connectivity index (χ0v) is 33.0. The van der Waals surface area contributed by atoms with Crippen molar-refractivity contribution in [2.24, 2.45) is 10.2 Å². The molecule has 1 unspecified atom stereocenters. The van der Waals surface area contributed by atoms with Gasteiger partial charge in [-0.1, -0.05) is 52.2 Å². The molecule has 51 heavy (non-hydrogen) atoms. The van der Waals surface area contributed by atoms with Crippen molar-refractivity contribution in [2.45, 2.75) is 104 Å². The Morgan fingerprint density at radius 1 is 0.824 bits per heavy atom. The zero-order valence-electron chi connectivity index (χ0n) is 32.1. The summed E-state index contributed by atoms with van der Waals surface area (Å²) in [4.78, 5) is 58.9. The Morgan fingerprint density at radius 2 is 1.35 bits per heavy atom. The average molecular weight is 728 g/mol. The molecule has 1 saturated carbocycles. The number of rotatable bonds is 10. The Morgan fingerprint density at radius 3 is 1.78 bits per heavy atom. The van der Waals surface area contributed by atoms with Gasteiger partial charge >= 0.3 is 23.9 Å². The van der Waals surface area contributed by atoms with E-state index in [-0.39, 0.29) is 28.5 Å². The third kappa shape index (κ3) is 6.59. The standard InChI is InChI=1S/C38H54N3O9P/c1-23(2)40(24(3)4)51-32(30(33(42)47-9)28(22-29(39-51)37(5,6)7)25-18-20-27(46-8)21-19-25)31(34(43)48-10)38(35(44)49-11,36(45)50-12)41(51)26-16-14-13-15-17-26/h18-24,26H,13-17H2,1-12H3. The molecule has 13 heteroatoms. The molecule has 1 atom stereocenters. The molecule has 1 aromatic carbocycles. The first-order valence-electron chi connectivity index (χ1n) is 17.4. The minimum Gasteiger partial charge on any atom is -0.497 e. The van der Waals surface area contributed by atoms with Gasteiger partial charge in [-0.15, -0.1) is 0 Å². The van der Waals surface area contributed by atoms with Gasteiger partial charge < -0.3 is 23.7 Å². The first-order valence-corrected chi connectivity index (χ1v) is 19.1. The number of hydrogen-bond donors (Lipinski definition) is 0. The van der Waals surface area contributed by atoms with Crippen LogP contribution in [0.5, 0.6) is 5.75 Å². The largest absolute Gasteiger partial charge is 0.497 e. The second-order valence-corrected chi connectivity index (χ2v) is 17.2. The summed E-state index contributed by atoms with van der Waals surface area (Å²) in [5.74, 6) is -3.22. The highest BCUT2D eigenvalue weighted by Gasteiger charge is 2.73. The summed E-state index contributed by atoms with van der Waals surface area (Å²) in [5, 5.41) is 0.117. The monoisotopic (exact) mass is 727 g/mol. The van der Waals surface area contributed by atoms with E-state index in [9.17, 15) is 19.2 Å². The van der Waals surface area contributed by atoms with Crippen molar-refractivity contribution in [3.8, 4) is 5.75 Å². The van der Waals surface area contributed by atoms with Gasteiger partial charge in [-0.05, 0) is 69.9 Å². The maximum Gasteiger partial charge on any atom is 0.343 e. The second kappa shape index (κ2) is 15.5. The number of methoxy groups -OCH3 is 5. The molecule has 1 aliphatic carbocycles. The maximum atomic E-state index is 14.8. The van der Waals surface area contributed by atoms with Gasteiger partial charge in [-0.3, -0.25) is 0 Å². The Labute approximate surface area is 302 Å². The van der Waals surface area contributed by atoms with E-state index in [0.717, 1.165) is 19.3 Å². The molecule has 0 spiro atoms. The summed E-state index contributed by atoms with van der Waals surface area (Å²) in [6.45, 7) is 14.1. The Kier molecular flexibility index (Phi) is 12.2. The number of carbonyl (C=O) groups is 4. The van der Waals surface area contributed by atoms with Gasteiger partial charge in [-0.25, -0.2) is 33.3 Å². The predicted molar refractivity (Wildman–Crippen MR) is 195 cm³/mol. The van der Waals surface area contributed by atoms with Gasteiger partial charge in [-0.2, -0.15) is 0 Å². The van der Waals surface area contributed by atoms with Crippen LogP contribution in [0.15, 0.2) is 57.2 Å². The van der Waals surface area contributed by atoms with Crippen molar-refractivity contribution in [2.75, 3.05) is 35.5 Å². The van der Waals surface area contributed by atoms with Gasteiger partial charge in [0, 0.05) is 34.6 Å². The van der Waals surface area contributed by atoms with E-state index in [4.69, 9.17) is 28.4 Å². The Bertz CT molecular complexity index is 1670. The number of hydrogen-bond acceptors (Lipinski definition) is 12. The molecule has 2 aliphatic heterocycles. The normalized spacial score (nSPS) is 21.2. The van der Waals surface area contributed by atoms with Gasteiger partial charge in [0.25, 0.3) is 5.54 Å². The van der Waals surface area contributed by atoms with E-state index in [0.29, 0.717) is 35.4 Å². The van der Waals surface area contributed by atoms with Crippen LogP contribution in [0.2, 0.25) is 0 Å². The summed E-state index contributed by atoms with van der Waals surface area (Å²) in [5.41, 5.74) is -1.88. The lowest BCUT2D eigenvalue weighted by Gasteiger charge is -2.52. The summed E-state index contributed by atoms with van der Waals surface area (Å²) >= 11 is 0. The van der Waals surface area contributed by atoms with Crippen LogP contribution in [0.4, 0.5) is 0 Å². The van der Waals surface area contributed by atoms with E-state index >= 15 is 0 Å². The van der Waals surface area contributed by atoms with Crippen LogP contribution in [-0.4, -0.2) is 92.4 Å². The predicted octanol–water partition coefficient (Wildman–Crippen LogP) is 6.88. The minimum absolute atomic E-state index is 0.00110. The summed E-state index contributed by atoms with van der Waals surface area (Å²) in [7, 11) is 2.54. The molecule has 0 aromatic heterocycles. The van der Waals surface area contributed by atoms with Crippen LogP contribution in [-0.2, 0) is 38.1 Å². The molecular formula is C38H54N3O9P. The van der Waals surface area contributed by atoms with Gasteiger partial charge in [0.15, 0.2) is 0 Å². The van der Waals surface area contributed by atoms with E-state index < -0.39 is 48.2 Å². The van der Waals surface area contributed by atoms with Crippen LogP contribution in [0.25, 0.3) is 5.57 Å². The molecule has 0 bridgehead atoms. The zero-order chi connectivity index (χ0) is 38.1. The molecule has 0 amide bonds. The lowest BCUT2D eigenvalue weighted by Crippen LogP contribution is -2.63. The van der Waals surface area contributed by atoms with E-state index in [1.807, 2.05) is 71.3 Å². The molecular weight excluding hydrogens is 673 g/mol. The minimum atomic E-state index is -3.81. The highest BCUT2D eigenvalue weighted by Crippen LogP contribution is 2.78. The van der Waals surface area contributed by atoms with Crippen LogP contribution in [0, 0.1) is 5.41 Å². The summed E-state index contributed by atoms with van der Waals surface area (Å²) in [6.07, 6.45) is 5.63. The number of esters is 4. The van der Waals surface area contributed by atoms with Crippen LogP contribution in [0.3, 0.4) is 0 Å². The molecule has 0 N–H and O–H groups in total. The molecule has 12 nitrogen and oxygen atoms in total. The third-order valence-electron chi connectivity index (χ3n) is 9.79. The molecule has 2 heterocycles. The number of fused-ring (bicyclic) bond motifs is 1. The van der Waals surface area contributed by atoms with Crippen molar-refractivity contribution in [1.29, 1.82) is 0 Å². The smallest absolute Gasteiger partial charge is 0.343 e. The fourth-order valence-electron chi connectivity index (χ4n) is 7.78. The molecule has 280 valence electrons. The van der Waals surface area contributed by atoms with Crippen LogP contribution in [0.1, 0.15) is 86.1 Å². The van der Waals surface area contributed by atoms with E-state index in [2.05, 4.69) is 4.67 Å². The van der Waals surface area contributed by atoms with Gasteiger partial charge in [0.05, 0.1) is 46.7 Å². The SMILES string of the molecule is COC(=O)C1=C(c2ccc(OC)cc2)C=C(C(C)(C)C)N=P2(N(C(C)C)C(C)C)C1=C(C(=O)OC)C(C(=O)OC)(C(=O)OC)N2C1CCCCC1. The quantitative estimate of drug-likeness (QED) is 0.108. The molecule has 1 fully saturated rings. The third-order valence-corrected chi connectivity index (χ3v) is 14.1. The van der Waals surface area contributed by atoms with Crippen molar-refractivity contribution in [3.05, 3.63) is 58.1 Å². The first kappa shape index (κ1) is 40.0. The van der Waals surface area contributed by atoms with Crippen molar-refractivity contribution < 1.29 is 42.9 Å². The molecule has 1 aromatic rings. The fourth-order valence-corrected chi connectivity index (χ4v) is 13.1. The van der Waals surface area contributed by atoms with Crippen molar-refractivity contribution in [3.63, 3.8) is 0 Å². The van der Waals surface area contributed by atoms with Crippen molar-refractivity contribution in [1.82, 2.24) is 9.34 Å². The first-order chi connectivity index (χ1) is 24.0. The Balaban J connectivity index is 2.53. The molecule has 4 rings (SSSR count). The topological polar surface area (TPSA) is 133 Å². The highest BCUT2D eigenvalue weighted by atomic mass is 31.2. The number of benzene rings is 1. The van der Waals surface area contributed by atoms with Gasteiger partial charge in [0.2, 0.25) is 0 Å². The molecule has 3 aliphatic rings. The number of carbonyl (C=O) groups excluding carboxylic acids is 4. The second-order valence-electron chi connectivity index (χ2n) is 14.6. The van der Waals surface area contributed by atoms with Crippen LogP contribution < -0.4 is 4.74 Å². The van der Waals surface area contributed by atoms with Gasteiger partial charge in [0.1, 0.15) is 13.1 Å². The molecule has 0 radical (unpaired) electrons. The average Bonchev–Trinajstić information content (AvgIpc) is 3.26. The lowest BCUT2D eigenvalue weighted by molar-refractivity contribution is -0.168. The number of nitrogens with zero attached hydrogens (tertiary/aromatic N) is 3. The lowest BCUT2D eigenvalue weighted by atomic mass is 9.83. The van der Waals surface area contributed by atoms with Crippen molar-refractivity contribution >= 4 is 36.8 Å². The summed E-state index contributed by atoms with van der Waals surface area (Å²) < 4.78 is 37.3. The van der Waals surface area contributed by atoms with E-state index in [1.54, 1.807) is 19.2 Å². The maximum absolute atomic E-state index is 14.8. The summed E-state index contributed by atoms with van der Waals surface area (Å²) in [6, 6.07) is 6.17.